The standard InChI is InChI=1S/C24H20N6O2S/c1-15-10-11-18(13-16(15)2)33(31,32)22-21-24(29-20-9-4-3-8-19(20)28-21)30(23(22)25)27-14-17-7-5-6-12-26-17/h3-14H,25H2,1-2H3. The van der Waals surface area contributed by atoms with Crippen LogP contribution in [0, 0.1) is 13.8 Å². The Morgan fingerprint density at radius 3 is 2.36 bits per heavy atom. The molecule has 3 heterocycles. The topological polar surface area (TPSA) is 116 Å². The largest absolute Gasteiger partial charge is 0.382 e. The van der Waals surface area contributed by atoms with Crippen LogP contribution in [-0.4, -0.2) is 34.3 Å². The fourth-order valence-electron chi connectivity index (χ4n) is 3.57. The van der Waals surface area contributed by atoms with Gasteiger partial charge >= 0.3 is 0 Å². The Balaban J connectivity index is 1.81. The quantitative estimate of drug-likeness (QED) is 0.410. The van der Waals surface area contributed by atoms with Crippen molar-refractivity contribution >= 4 is 44.1 Å². The van der Waals surface area contributed by atoms with Crippen molar-refractivity contribution in [3.63, 3.8) is 0 Å². The van der Waals surface area contributed by atoms with E-state index in [4.69, 9.17) is 5.73 Å². The van der Waals surface area contributed by atoms with E-state index < -0.39 is 9.84 Å². The number of nitrogen functional groups attached to an aromatic ring is 1. The molecule has 0 spiro atoms. The monoisotopic (exact) mass is 456 g/mol. The SMILES string of the molecule is Cc1ccc(S(=O)(=O)c2c(N)n(N=Cc3ccccn3)c3nc4ccccc4nc23)cc1C. The van der Waals surface area contributed by atoms with E-state index in [9.17, 15) is 8.42 Å². The molecule has 0 bridgehead atoms. The Morgan fingerprint density at radius 1 is 0.939 bits per heavy atom. The minimum absolute atomic E-state index is 0.0642. The molecule has 2 N–H and O–H groups in total. The maximum Gasteiger partial charge on any atom is 0.212 e. The van der Waals surface area contributed by atoms with Crippen molar-refractivity contribution in [2.45, 2.75) is 23.6 Å². The Kier molecular flexibility index (Phi) is 4.90. The second-order valence-corrected chi connectivity index (χ2v) is 9.55. The number of sulfone groups is 1. The molecule has 0 aliphatic carbocycles. The highest BCUT2D eigenvalue weighted by Gasteiger charge is 2.30. The van der Waals surface area contributed by atoms with Gasteiger partial charge in [-0.15, -0.1) is 0 Å². The summed E-state index contributed by atoms with van der Waals surface area (Å²) in [5.74, 6) is -0.0642. The Labute approximate surface area is 190 Å². The van der Waals surface area contributed by atoms with Crippen molar-refractivity contribution in [1.29, 1.82) is 0 Å². The minimum atomic E-state index is -4.00. The Morgan fingerprint density at radius 2 is 1.67 bits per heavy atom. The van der Waals surface area contributed by atoms with Gasteiger partial charge in [0.1, 0.15) is 16.2 Å². The van der Waals surface area contributed by atoms with Gasteiger partial charge in [-0.05, 0) is 61.4 Å². The van der Waals surface area contributed by atoms with Gasteiger partial charge in [-0.25, -0.2) is 18.4 Å². The molecule has 0 saturated carbocycles. The summed E-state index contributed by atoms with van der Waals surface area (Å²) in [4.78, 5) is 13.5. The zero-order valence-electron chi connectivity index (χ0n) is 18.0. The molecule has 5 rings (SSSR count). The fraction of sp³-hybridized carbons (Fsp3) is 0.0833. The summed E-state index contributed by atoms with van der Waals surface area (Å²) in [5, 5.41) is 4.41. The predicted molar refractivity (Wildman–Crippen MR) is 128 cm³/mol. The lowest BCUT2D eigenvalue weighted by molar-refractivity contribution is 0.597. The molecular formula is C24H20N6O2S. The Hall–Kier alpha value is -4.11. The molecule has 3 aromatic heterocycles. The first kappa shape index (κ1) is 20.8. The van der Waals surface area contributed by atoms with Crippen molar-refractivity contribution in [2.24, 2.45) is 5.10 Å². The number of pyridine rings is 1. The van der Waals surface area contributed by atoms with Crippen molar-refractivity contribution in [3.05, 3.63) is 83.7 Å². The third-order valence-corrected chi connectivity index (χ3v) is 7.29. The molecule has 0 saturated heterocycles. The van der Waals surface area contributed by atoms with E-state index in [-0.39, 0.29) is 26.8 Å². The molecule has 0 unspecified atom stereocenters. The summed E-state index contributed by atoms with van der Waals surface area (Å²) >= 11 is 0. The number of benzene rings is 2. The predicted octanol–water partition coefficient (Wildman–Crippen LogP) is 3.89. The molecular weight excluding hydrogens is 436 g/mol. The van der Waals surface area contributed by atoms with E-state index >= 15 is 0 Å². The van der Waals surface area contributed by atoms with Crippen LogP contribution in [0.4, 0.5) is 5.82 Å². The number of fused-ring (bicyclic) bond motifs is 2. The molecule has 0 amide bonds. The lowest BCUT2D eigenvalue weighted by Crippen LogP contribution is -2.07. The van der Waals surface area contributed by atoms with E-state index in [0.29, 0.717) is 16.7 Å². The highest BCUT2D eigenvalue weighted by molar-refractivity contribution is 7.92. The zero-order valence-corrected chi connectivity index (χ0v) is 18.8. The van der Waals surface area contributed by atoms with E-state index in [1.165, 1.54) is 10.9 Å². The van der Waals surface area contributed by atoms with E-state index in [1.807, 2.05) is 32.0 Å². The van der Waals surface area contributed by atoms with Crippen LogP contribution in [0.3, 0.4) is 0 Å². The van der Waals surface area contributed by atoms with Crippen molar-refractivity contribution in [3.8, 4) is 0 Å². The third kappa shape index (κ3) is 3.52. The molecule has 0 fully saturated rings. The second-order valence-electron chi connectivity index (χ2n) is 7.66. The molecule has 164 valence electrons. The summed E-state index contributed by atoms with van der Waals surface area (Å²) in [5.41, 5.74) is 10.4. The summed E-state index contributed by atoms with van der Waals surface area (Å²) < 4.78 is 28.8. The fourth-order valence-corrected chi connectivity index (χ4v) is 5.14. The maximum atomic E-state index is 13.7. The molecule has 5 aromatic rings. The first-order valence-electron chi connectivity index (χ1n) is 10.2. The molecule has 9 heteroatoms. The first-order chi connectivity index (χ1) is 15.9. The zero-order chi connectivity index (χ0) is 23.2. The van der Waals surface area contributed by atoms with Crippen LogP contribution in [-0.2, 0) is 9.84 Å². The molecule has 0 radical (unpaired) electrons. The van der Waals surface area contributed by atoms with Crippen molar-refractivity contribution < 1.29 is 8.42 Å². The summed E-state index contributed by atoms with van der Waals surface area (Å²) in [7, 11) is -4.00. The highest BCUT2D eigenvalue weighted by atomic mass is 32.2. The summed E-state index contributed by atoms with van der Waals surface area (Å²) in [6.45, 7) is 3.79. The van der Waals surface area contributed by atoms with Gasteiger partial charge in [-0.1, -0.05) is 24.3 Å². The number of nitrogens with two attached hydrogens (primary N) is 1. The van der Waals surface area contributed by atoms with Crippen molar-refractivity contribution in [2.75, 3.05) is 5.73 Å². The second kappa shape index (κ2) is 7.79. The van der Waals surface area contributed by atoms with Crippen LogP contribution in [0.2, 0.25) is 0 Å². The molecule has 2 aromatic carbocycles. The molecule has 0 aliphatic rings. The van der Waals surface area contributed by atoms with Gasteiger partial charge in [0.15, 0.2) is 5.65 Å². The van der Waals surface area contributed by atoms with Gasteiger partial charge in [0.2, 0.25) is 9.84 Å². The maximum absolute atomic E-state index is 13.7. The van der Waals surface area contributed by atoms with E-state index in [0.717, 1.165) is 11.1 Å². The van der Waals surface area contributed by atoms with E-state index in [2.05, 4.69) is 20.1 Å². The van der Waals surface area contributed by atoms with Crippen molar-refractivity contribution in [1.82, 2.24) is 19.6 Å². The van der Waals surface area contributed by atoms with Gasteiger partial charge in [0, 0.05) is 6.20 Å². The number of hydrogen-bond acceptors (Lipinski definition) is 7. The number of para-hydroxylation sites is 2. The molecule has 33 heavy (non-hydrogen) atoms. The smallest absolute Gasteiger partial charge is 0.212 e. The van der Waals surface area contributed by atoms with Crippen LogP contribution >= 0.6 is 0 Å². The number of rotatable bonds is 4. The number of anilines is 1. The lowest BCUT2D eigenvalue weighted by Gasteiger charge is -2.07. The Bertz CT molecular complexity index is 1660. The molecule has 0 aliphatic heterocycles. The first-order valence-corrected chi connectivity index (χ1v) is 11.7. The molecule has 8 nitrogen and oxygen atoms in total. The van der Waals surface area contributed by atoms with Crippen LogP contribution in [0.15, 0.2) is 81.8 Å². The van der Waals surface area contributed by atoms with E-state index in [1.54, 1.807) is 48.7 Å². The summed E-state index contributed by atoms with van der Waals surface area (Å²) in [6, 6.07) is 17.6. The third-order valence-electron chi connectivity index (χ3n) is 5.48. The number of hydrogen-bond donors (Lipinski definition) is 1. The number of aryl methyl sites for hydroxylation is 2. The number of aromatic nitrogens is 4. The average molecular weight is 457 g/mol. The lowest BCUT2D eigenvalue weighted by atomic mass is 10.1. The average Bonchev–Trinajstić information content (AvgIpc) is 3.09. The minimum Gasteiger partial charge on any atom is -0.382 e. The van der Waals surface area contributed by atoms with Gasteiger partial charge < -0.3 is 5.73 Å². The van der Waals surface area contributed by atoms with Crippen LogP contribution < -0.4 is 5.73 Å². The van der Waals surface area contributed by atoms with Gasteiger partial charge in [-0.2, -0.15) is 9.78 Å². The van der Waals surface area contributed by atoms with Crippen LogP contribution in [0.5, 0.6) is 0 Å². The van der Waals surface area contributed by atoms with Crippen LogP contribution in [0.1, 0.15) is 16.8 Å². The summed E-state index contributed by atoms with van der Waals surface area (Å²) in [6.07, 6.45) is 3.14. The van der Waals surface area contributed by atoms with Crippen LogP contribution in [0.25, 0.3) is 22.2 Å². The van der Waals surface area contributed by atoms with Gasteiger partial charge in [0.25, 0.3) is 0 Å². The molecule has 0 atom stereocenters. The highest BCUT2D eigenvalue weighted by Crippen LogP contribution is 2.35. The number of nitrogens with zero attached hydrogens (tertiary/aromatic N) is 5. The van der Waals surface area contributed by atoms with Gasteiger partial charge in [0.05, 0.1) is 27.8 Å². The van der Waals surface area contributed by atoms with Gasteiger partial charge in [-0.3, -0.25) is 4.98 Å². The normalized spacial score (nSPS) is 12.2.